The van der Waals surface area contributed by atoms with Crippen molar-refractivity contribution in [1.29, 1.82) is 0 Å². The Kier molecular flexibility index (Phi) is 6.14. The van der Waals surface area contributed by atoms with Crippen LogP contribution < -0.4 is 0 Å². The first-order chi connectivity index (χ1) is 11.7. The monoisotopic (exact) mass is 363 g/mol. The number of carboxylic acid groups (broad SMARTS) is 1. The summed E-state index contributed by atoms with van der Waals surface area (Å²) in [6.45, 7) is 1.33. The van der Waals surface area contributed by atoms with Crippen LogP contribution in [0.5, 0.6) is 0 Å². The number of aliphatic carboxylic acids is 1. The lowest BCUT2D eigenvalue weighted by atomic mass is 10.00. The van der Waals surface area contributed by atoms with Crippen molar-refractivity contribution >= 4 is 13.6 Å². The lowest BCUT2D eigenvalue weighted by Gasteiger charge is -2.30. The van der Waals surface area contributed by atoms with Crippen LogP contribution in [-0.4, -0.2) is 44.6 Å². The Bertz CT molecular complexity index is 757. The van der Waals surface area contributed by atoms with Crippen LogP contribution in [0.3, 0.4) is 0 Å². The number of carboxylic acids is 1. The van der Waals surface area contributed by atoms with Crippen molar-refractivity contribution in [3.8, 4) is 11.1 Å². The van der Waals surface area contributed by atoms with Crippen molar-refractivity contribution in [1.82, 2.24) is 4.90 Å². The summed E-state index contributed by atoms with van der Waals surface area (Å²) >= 11 is 0. The minimum atomic E-state index is -4.40. The predicted molar refractivity (Wildman–Crippen MR) is 96.3 cm³/mol. The molecule has 2 atom stereocenters. The van der Waals surface area contributed by atoms with Crippen LogP contribution in [0.1, 0.15) is 12.5 Å². The zero-order valence-corrected chi connectivity index (χ0v) is 15.0. The van der Waals surface area contributed by atoms with Gasteiger partial charge in [0.1, 0.15) is 11.8 Å². The molecule has 6 nitrogen and oxygen atoms in total. The molecule has 0 bridgehead atoms. The summed E-state index contributed by atoms with van der Waals surface area (Å²) < 4.78 is 11.4. The van der Waals surface area contributed by atoms with Gasteiger partial charge in [-0.15, -0.1) is 0 Å². The van der Waals surface area contributed by atoms with Gasteiger partial charge in [0.25, 0.3) is 0 Å². The SMILES string of the molecule is CC(N(C)C(Cc1ccc(-c2ccccc2)cc1)C(=O)O)P(=O)(O)O. The fourth-order valence-corrected chi connectivity index (χ4v) is 3.23. The molecule has 0 radical (unpaired) electrons. The fourth-order valence-electron chi connectivity index (χ4n) is 2.59. The van der Waals surface area contributed by atoms with Gasteiger partial charge in [0.15, 0.2) is 0 Å². The molecule has 25 heavy (non-hydrogen) atoms. The van der Waals surface area contributed by atoms with E-state index >= 15 is 0 Å². The Morgan fingerprint density at radius 1 is 1.04 bits per heavy atom. The minimum absolute atomic E-state index is 0.158. The number of hydrogen-bond acceptors (Lipinski definition) is 3. The van der Waals surface area contributed by atoms with Crippen LogP contribution in [0.2, 0.25) is 0 Å². The molecule has 0 saturated heterocycles. The van der Waals surface area contributed by atoms with Crippen LogP contribution >= 0.6 is 7.60 Å². The van der Waals surface area contributed by atoms with Crippen molar-refractivity contribution in [3.05, 3.63) is 60.2 Å². The number of hydrogen-bond donors (Lipinski definition) is 3. The first kappa shape index (κ1) is 19.3. The number of rotatable bonds is 7. The molecule has 0 aliphatic heterocycles. The highest BCUT2D eigenvalue weighted by molar-refractivity contribution is 7.52. The van der Waals surface area contributed by atoms with Gasteiger partial charge in [0, 0.05) is 0 Å². The summed E-state index contributed by atoms with van der Waals surface area (Å²) in [6.07, 6.45) is 0.158. The van der Waals surface area contributed by atoms with E-state index in [1.54, 1.807) is 0 Å². The Labute approximate surface area is 146 Å². The Morgan fingerprint density at radius 2 is 1.56 bits per heavy atom. The molecule has 2 unspecified atom stereocenters. The van der Waals surface area contributed by atoms with Crippen molar-refractivity contribution in [2.45, 2.75) is 25.2 Å². The summed E-state index contributed by atoms with van der Waals surface area (Å²) in [6, 6.07) is 16.3. The summed E-state index contributed by atoms with van der Waals surface area (Å²) in [7, 11) is -2.98. The van der Waals surface area contributed by atoms with Crippen LogP contribution in [0.15, 0.2) is 54.6 Å². The van der Waals surface area contributed by atoms with E-state index < -0.39 is 25.4 Å². The lowest BCUT2D eigenvalue weighted by Crippen LogP contribution is -2.44. The zero-order valence-electron chi connectivity index (χ0n) is 14.1. The molecule has 0 amide bonds. The maximum Gasteiger partial charge on any atom is 0.342 e. The van der Waals surface area contributed by atoms with Crippen LogP contribution in [0.25, 0.3) is 11.1 Å². The van der Waals surface area contributed by atoms with E-state index in [-0.39, 0.29) is 6.42 Å². The number of benzene rings is 2. The summed E-state index contributed by atoms with van der Waals surface area (Å²) in [4.78, 5) is 31.4. The normalized spacial score (nSPS) is 14.3. The van der Waals surface area contributed by atoms with E-state index in [0.29, 0.717) is 0 Å². The van der Waals surface area contributed by atoms with Gasteiger partial charge in [-0.2, -0.15) is 0 Å². The number of likely N-dealkylation sites (N-methyl/N-ethyl adjacent to an activating group) is 1. The average molecular weight is 363 g/mol. The summed E-state index contributed by atoms with van der Waals surface area (Å²) in [5, 5.41) is 9.46. The Hall–Kier alpha value is -1.98. The molecule has 0 fully saturated rings. The van der Waals surface area contributed by atoms with Gasteiger partial charge in [0.2, 0.25) is 0 Å². The largest absolute Gasteiger partial charge is 0.480 e. The smallest absolute Gasteiger partial charge is 0.342 e. The minimum Gasteiger partial charge on any atom is -0.480 e. The molecule has 0 spiro atoms. The highest BCUT2D eigenvalue weighted by Gasteiger charge is 2.35. The second-order valence-electron chi connectivity index (χ2n) is 6.01. The molecule has 134 valence electrons. The molecular weight excluding hydrogens is 341 g/mol. The van der Waals surface area contributed by atoms with Crippen LogP contribution in [-0.2, 0) is 15.8 Å². The van der Waals surface area contributed by atoms with E-state index in [0.717, 1.165) is 16.7 Å². The van der Waals surface area contributed by atoms with Crippen molar-refractivity contribution in [2.24, 2.45) is 0 Å². The van der Waals surface area contributed by atoms with Gasteiger partial charge in [-0.05, 0) is 37.1 Å². The molecular formula is C18H22NO5P. The molecule has 2 aromatic rings. The standard InChI is InChI=1S/C18H22NO5P/c1-13(25(22,23)24)19(2)17(18(20)21)12-14-8-10-16(11-9-14)15-6-4-3-5-7-15/h3-11,13,17H,12H2,1-2H3,(H,20,21)(H2,22,23,24). The molecule has 0 saturated carbocycles. The van der Waals surface area contributed by atoms with E-state index in [2.05, 4.69) is 0 Å². The maximum absolute atomic E-state index is 11.6. The molecule has 0 heterocycles. The molecule has 2 aromatic carbocycles. The molecule has 7 heteroatoms. The van der Waals surface area contributed by atoms with Crippen molar-refractivity contribution in [3.63, 3.8) is 0 Å². The van der Waals surface area contributed by atoms with Gasteiger partial charge in [-0.1, -0.05) is 54.6 Å². The molecule has 2 rings (SSSR count). The van der Waals surface area contributed by atoms with Crippen LogP contribution in [0, 0.1) is 0 Å². The average Bonchev–Trinajstić information content (AvgIpc) is 2.58. The summed E-state index contributed by atoms with van der Waals surface area (Å²) in [5.41, 5.74) is 2.88. The second kappa shape index (κ2) is 7.93. The second-order valence-corrected chi connectivity index (χ2v) is 7.93. The van der Waals surface area contributed by atoms with E-state index in [4.69, 9.17) is 0 Å². The van der Waals surface area contributed by atoms with Crippen molar-refractivity contribution in [2.75, 3.05) is 7.05 Å². The van der Waals surface area contributed by atoms with Crippen molar-refractivity contribution < 1.29 is 24.3 Å². The zero-order chi connectivity index (χ0) is 18.6. The quantitative estimate of drug-likeness (QED) is 0.655. The van der Waals surface area contributed by atoms with E-state index in [1.807, 2.05) is 54.6 Å². The van der Waals surface area contributed by atoms with E-state index in [1.165, 1.54) is 18.9 Å². The Morgan fingerprint density at radius 3 is 2.04 bits per heavy atom. The third-order valence-electron chi connectivity index (χ3n) is 4.34. The predicted octanol–water partition coefficient (Wildman–Crippen LogP) is 2.80. The first-order valence-corrected chi connectivity index (χ1v) is 9.52. The first-order valence-electron chi connectivity index (χ1n) is 7.84. The van der Waals surface area contributed by atoms with E-state index in [9.17, 15) is 24.3 Å². The van der Waals surface area contributed by atoms with Gasteiger partial charge < -0.3 is 14.9 Å². The van der Waals surface area contributed by atoms with Gasteiger partial charge in [-0.25, -0.2) is 0 Å². The van der Waals surface area contributed by atoms with Gasteiger partial charge in [0.05, 0.1) is 0 Å². The van der Waals surface area contributed by atoms with Gasteiger partial charge >= 0.3 is 13.6 Å². The topological polar surface area (TPSA) is 98.1 Å². The number of carbonyl (C=O) groups is 1. The molecule has 3 N–H and O–H groups in total. The third kappa shape index (κ3) is 5.00. The van der Waals surface area contributed by atoms with Crippen LogP contribution in [0.4, 0.5) is 0 Å². The van der Waals surface area contributed by atoms with Gasteiger partial charge in [-0.3, -0.25) is 14.3 Å². The highest BCUT2D eigenvalue weighted by Crippen LogP contribution is 2.42. The molecule has 0 aromatic heterocycles. The lowest BCUT2D eigenvalue weighted by molar-refractivity contribution is -0.143. The highest BCUT2D eigenvalue weighted by atomic mass is 31.2. The Balaban J connectivity index is 2.17. The molecule has 0 aliphatic rings. The summed E-state index contributed by atoms with van der Waals surface area (Å²) in [5.74, 6) is -2.29. The molecule has 0 aliphatic carbocycles. The maximum atomic E-state index is 11.6. The number of nitrogens with zero attached hydrogens (tertiary/aromatic N) is 1. The fraction of sp³-hybridized carbons (Fsp3) is 0.278. The third-order valence-corrected chi connectivity index (χ3v) is 5.68.